The summed E-state index contributed by atoms with van der Waals surface area (Å²) in [6.45, 7) is 11.0. The van der Waals surface area contributed by atoms with Crippen molar-refractivity contribution in [2.75, 3.05) is 0 Å². The fraction of sp³-hybridized carbons (Fsp3) is 1.00. The van der Waals surface area contributed by atoms with Crippen LogP contribution < -0.4 is 0 Å². The molecule has 0 aromatic rings. The summed E-state index contributed by atoms with van der Waals surface area (Å²) in [5.41, 5.74) is -0.197. The molecule has 0 spiro atoms. The van der Waals surface area contributed by atoms with E-state index in [1.165, 1.54) is 25.7 Å². The normalized spacial score (nSPS) is 39.9. The van der Waals surface area contributed by atoms with Crippen LogP contribution in [0.2, 0.25) is 0 Å². The lowest BCUT2D eigenvalue weighted by Crippen LogP contribution is -2.42. The molecule has 2 nitrogen and oxygen atoms in total. The lowest BCUT2D eigenvalue weighted by atomic mass is 9.60. The third-order valence-corrected chi connectivity index (χ3v) is 6.91. The standard InChI is InChI=1S/C19H36O2/c1-13(10-12-18(3,4)21)14(2)15-8-9-16-17(20)7-6-11-19(15,16)5/h13-17,20-21H,6-12H2,1-5H3/t13-,14-,15?,16?,17-,19+/m0/s1. The first-order valence-electron chi connectivity index (χ1n) is 9.05. The van der Waals surface area contributed by atoms with Crippen LogP contribution in [0.15, 0.2) is 0 Å². The van der Waals surface area contributed by atoms with Gasteiger partial charge in [-0.1, -0.05) is 27.2 Å². The van der Waals surface area contributed by atoms with Gasteiger partial charge in [-0.3, -0.25) is 0 Å². The van der Waals surface area contributed by atoms with E-state index in [4.69, 9.17) is 0 Å². The van der Waals surface area contributed by atoms with E-state index in [0.717, 1.165) is 25.2 Å². The van der Waals surface area contributed by atoms with Crippen LogP contribution >= 0.6 is 0 Å². The average Bonchev–Trinajstić information content (AvgIpc) is 2.73. The zero-order chi connectivity index (χ0) is 15.8. The first kappa shape index (κ1) is 17.3. The quantitative estimate of drug-likeness (QED) is 0.790. The predicted octanol–water partition coefficient (Wildman–Crippen LogP) is 4.39. The molecule has 0 saturated heterocycles. The van der Waals surface area contributed by atoms with Gasteiger partial charge in [0.1, 0.15) is 0 Å². The van der Waals surface area contributed by atoms with Crippen LogP contribution in [0.1, 0.15) is 79.6 Å². The van der Waals surface area contributed by atoms with E-state index in [-0.39, 0.29) is 6.10 Å². The Morgan fingerprint density at radius 3 is 2.48 bits per heavy atom. The summed E-state index contributed by atoms with van der Waals surface area (Å²) in [5, 5.41) is 20.3. The highest BCUT2D eigenvalue weighted by atomic mass is 16.3. The molecule has 6 atom stereocenters. The van der Waals surface area contributed by atoms with Crippen molar-refractivity contribution in [3.8, 4) is 0 Å². The minimum Gasteiger partial charge on any atom is -0.393 e. The summed E-state index contributed by atoms with van der Waals surface area (Å²) in [4.78, 5) is 0. The van der Waals surface area contributed by atoms with Gasteiger partial charge in [0.05, 0.1) is 11.7 Å². The van der Waals surface area contributed by atoms with Crippen molar-refractivity contribution in [1.82, 2.24) is 0 Å². The van der Waals surface area contributed by atoms with E-state index in [1.54, 1.807) is 0 Å². The first-order chi connectivity index (χ1) is 9.65. The summed E-state index contributed by atoms with van der Waals surface area (Å²) in [7, 11) is 0. The van der Waals surface area contributed by atoms with Crippen LogP contribution in [-0.4, -0.2) is 21.9 Å². The molecule has 124 valence electrons. The first-order valence-corrected chi connectivity index (χ1v) is 9.05. The van der Waals surface area contributed by atoms with Gasteiger partial charge in [0.15, 0.2) is 0 Å². The molecule has 2 aliphatic rings. The summed E-state index contributed by atoms with van der Waals surface area (Å²) in [5.74, 6) is 2.61. The molecule has 0 aromatic heterocycles. The summed E-state index contributed by atoms with van der Waals surface area (Å²) < 4.78 is 0. The van der Waals surface area contributed by atoms with Gasteiger partial charge in [-0.25, -0.2) is 0 Å². The highest BCUT2D eigenvalue weighted by Crippen LogP contribution is 2.58. The molecule has 2 N–H and O–H groups in total. The van der Waals surface area contributed by atoms with Gasteiger partial charge in [-0.05, 0) is 81.5 Å². The molecule has 2 fully saturated rings. The second-order valence-corrected chi connectivity index (χ2v) is 8.94. The fourth-order valence-corrected chi connectivity index (χ4v) is 5.29. The fourth-order valence-electron chi connectivity index (χ4n) is 5.29. The molecule has 0 radical (unpaired) electrons. The lowest BCUT2D eigenvalue weighted by molar-refractivity contribution is -0.0337. The average molecular weight is 296 g/mol. The van der Waals surface area contributed by atoms with Crippen LogP contribution in [0.5, 0.6) is 0 Å². The number of rotatable bonds is 5. The number of aliphatic hydroxyl groups is 2. The lowest BCUT2D eigenvalue weighted by Gasteiger charge is -2.46. The van der Waals surface area contributed by atoms with E-state index in [1.807, 2.05) is 13.8 Å². The Bertz CT molecular complexity index is 346. The molecule has 0 bridgehead atoms. The van der Waals surface area contributed by atoms with E-state index < -0.39 is 5.60 Å². The largest absolute Gasteiger partial charge is 0.393 e. The minimum atomic E-state index is -0.545. The minimum absolute atomic E-state index is 0.0624. The zero-order valence-electron chi connectivity index (χ0n) is 14.7. The highest BCUT2D eigenvalue weighted by molar-refractivity contribution is 5.02. The van der Waals surface area contributed by atoms with Gasteiger partial charge in [-0.15, -0.1) is 0 Å². The maximum atomic E-state index is 10.4. The molecule has 2 unspecified atom stereocenters. The Kier molecular flexibility index (Phi) is 5.10. The Balaban J connectivity index is 2.00. The smallest absolute Gasteiger partial charge is 0.0591 e. The molecule has 2 saturated carbocycles. The van der Waals surface area contributed by atoms with Crippen molar-refractivity contribution in [2.45, 2.75) is 91.3 Å². The van der Waals surface area contributed by atoms with Crippen LogP contribution in [-0.2, 0) is 0 Å². The zero-order valence-corrected chi connectivity index (χ0v) is 14.7. The molecule has 0 amide bonds. The summed E-state index contributed by atoms with van der Waals surface area (Å²) in [6, 6.07) is 0. The molecule has 21 heavy (non-hydrogen) atoms. The van der Waals surface area contributed by atoms with Crippen LogP contribution in [0, 0.1) is 29.1 Å². The Morgan fingerprint density at radius 1 is 1.19 bits per heavy atom. The molecule has 0 aliphatic heterocycles. The third kappa shape index (κ3) is 3.64. The van der Waals surface area contributed by atoms with Gasteiger partial charge in [0, 0.05) is 0 Å². The second kappa shape index (κ2) is 6.20. The summed E-state index contributed by atoms with van der Waals surface area (Å²) >= 11 is 0. The molecule has 2 heteroatoms. The number of fused-ring (bicyclic) bond motifs is 1. The SMILES string of the molecule is C[C@H](C1CCC2[C@@H](O)CCC[C@]12C)[C@@H](C)CCC(C)(C)O. The Morgan fingerprint density at radius 2 is 1.86 bits per heavy atom. The highest BCUT2D eigenvalue weighted by Gasteiger charge is 2.52. The van der Waals surface area contributed by atoms with Crippen molar-refractivity contribution in [2.24, 2.45) is 29.1 Å². The molecule has 2 rings (SSSR count). The van der Waals surface area contributed by atoms with Crippen molar-refractivity contribution >= 4 is 0 Å². The second-order valence-electron chi connectivity index (χ2n) is 8.94. The van der Waals surface area contributed by atoms with Gasteiger partial charge in [-0.2, -0.15) is 0 Å². The molecule has 0 heterocycles. The molecule has 0 aromatic carbocycles. The summed E-state index contributed by atoms with van der Waals surface area (Å²) in [6.07, 6.45) is 7.91. The number of aliphatic hydroxyl groups excluding tert-OH is 1. The van der Waals surface area contributed by atoms with Gasteiger partial charge in [0.2, 0.25) is 0 Å². The van der Waals surface area contributed by atoms with Crippen LogP contribution in [0.4, 0.5) is 0 Å². The number of hydrogen-bond donors (Lipinski definition) is 2. The monoisotopic (exact) mass is 296 g/mol. The van der Waals surface area contributed by atoms with Crippen molar-refractivity contribution < 1.29 is 10.2 Å². The van der Waals surface area contributed by atoms with Gasteiger partial charge < -0.3 is 10.2 Å². The van der Waals surface area contributed by atoms with Gasteiger partial charge >= 0.3 is 0 Å². The van der Waals surface area contributed by atoms with Crippen molar-refractivity contribution in [3.63, 3.8) is 0 Å². The maximum absolute atomic E-state index is 10.4. The Hall–Kier alpha value is -0.0800. The third-order valence-electron chi connectivity index (χ3n) is 6.91. The Labute approximate surface area is 131 Å². The van der Waals surface area contributed by atoms with Gasteiger partial charge in [0.25, 0.3) is 0 Å². The molecule has 2 aliphatic carbocycles. The van der Waals surface area contributed by atoms with Crippen LogP contribution in [0.3, 0.4) is 0 Å². The maximum Gasteiger partial charge on any atom is 0.0591 e. The predicted molar refractivity (Wildman–Crippen MR) is 88.0 cm³/mol. The van der Waals surface area contributed by atoms with E-state index in [0.29, 0.717) is 23.2 Å². The van der Waals surface area contributed by atoms with E-state index in [9.17, 15) is 10.2 Å². The molecular formula is C19H36O2. The van der Waals surface area contributed by atoms with Crippen LogP contribution in [0.25, 0.3) is 0 Å². The molecular weight excluding hydrogens is 260 g/mol. The van der Waals surface area contributed by atoms with E-state index >= 15 is 0 Å². The topological polar surface area (TPSA) is 40.5 Å². The van der Waals surface area contributed by atoms with Crippen molar-refractivity contribution in [3.05, 3.63) is 0 Å². The number of hydrogen-bond acceptors (Lipinski definition) is 2. The van der Waals surface area contributed by atoms with Crippen molar-refractivity contribution in [1.29, 1.82) is 0 Å². The van der Waals surface area contributed by atoms with E-state index in [2.05, 4.69) is 20.8 Å².